The first-order valence-corrected chi connectivity index (χ1v) is 7.74. The highest BCUT2D eigenvalue weighted by atomic mass is 16.5. The standard InChI is InChI=1S/C18H24N4O2/c1-5-11-20-16(14-24-4)13-22(19-20)21(12-6-2)18(23)17-10-8-7-9-15(17)3/h5-10,13,19H,1-2,11-12,14H2,3-4H3. The number of ether oxygens (including phenoxy) is 1. The molecule has 0 saturated carbocycles. The van der Waals surface area contributed by atoms with Gasteiger partial charge in [0.2, 0.25) is 0 Å². The molecule has 0 aromatic heterocycles. The van der Waals surface area contributed by atoms with E-state index in [1.54, 1.807) is 29.4 Å². The van der Waals surface area contributed by atoms with E-state index in [0.717, 1.165) is 11.3 Å². The normalized spacial score (nSPS) is 13.7. The van der Waals surface area contributed by atoms with Gasteiger partial charge in [-0.15, -0.1) is 18.7 Å². The zero-order valence-corrected chi connectivity index (χ0v) is 14.2. The third kappa shape index (κ3) is 3.84. The van der Waals surface area contributed by atoms with Crippen LogP contribution in [0.1, 0.15) is 15.9 Å². The highest BCUT2D eigenvalue weighted by Crippen LogP contribution is 2.17. The molecule has 0 atom stereocenters. The Balaban J connectivity index is 2.27. The first kappa shape index (κ1) is 17.8. The van der Waals surface area contributed by atoms with Gasteiger partial charge in [0, 0.05) is 12.7 Å². The summed E-state index contributed by atoms with van der Waals surface area (Å²) < 4.78 is 5.22. The Bertz CT molecular complexity index is 642. The fraction of sp³-hybridized carbons (Fsp3) is 0.278. The molecule has 1 amide bonds. The molecule has 0 radical (unpaired) electrons. The summed E-state index contributed by atoms with van der Waals surface area (Å²) >= 11 is 0. The monoisotopic (exact) mass is 328 g/mol. The second-order valence-electron chi connectivity index (χ2n) is 5.39. The number of hydrogen-bond donors (Lipinski definition) is 1. The van der Waals surface area contributed by atoms with Gasteiger partial charge in [-0.25, -0.2) is 10.1 Å². The minimum Gasteiger partial charge on any atom is -0.378 e. The van der Waals surface area contributed by atoms with Gasteiger partial charge >= 0.3 is 0 Å². The summed E-state index contributed by atoms with van der Waals surface area (Å²) in [6.45, 7) is 10.8. The zero-order chi connectivity index (χ0) is 17.5. The molecule has 1 aliphatic rings. The summed E-state index contributed by atoms with van der Waals surface area (Å²) in [7, 11) is 1.63. The number of hydrazine groups is 3. The van der Waals surface area contributed by atoms with Crippen LogP contribution in [0.2, 0.25) is 0 Å². The molecular formula is C18H24N4O2. The minimum absolute atomic E-state index is 0.103. The molecule has 0 spiro atoms. The third-order valence-electron chi connectivity index (χ3n) is 3.62. The van der Waals surface area contributed by atoms with Gasteiger partial charge in [-0.3, -0.25) is 9.80 Å². The predicted octanol–water partition coefficient (Wildman–Crippen LogP) is 2.25. The second kappa shape index (κ2) is 8.33. The molecule has 0 aliphatic carbocycles. The van der Waals surface area contributed by atoms with E-state index < -0.39 is 0 Å². The van der Waals surface area contributed by atoms with Gasteiger partial charge in [0.15, 0.2) is 0 Å². The van der Waals surface area contributed by atoms with Gasteiger partial charge in [-0.1, -0.05) is 30.4 Å². The molecule has 6 heteroatoms. The molecule has 128 valence electrons. The molecule has 1 aromatic rings. The molecule has 0 saturated heterocycles. The number of rotatable bonds is 8. The van der Waals surface area contributed by atoms with Crippen LogP contribution in [0.3, 0.4) is 0 Å². The van der Waals surface area contributed by atoms with Crippen LogP contribution in [-0.2, 0) is 4.74 Å². The van der Waals surface area contributed by atoms with Gasteiger partial charge in [-0.05, 0) is 18.6 Å². The number of aryl methyl sites for hydroxylation is 1. The molecule has 1 heterocycles. The number of amides is 1. The van der Waals surface area contributed by atoms with E-state index in [4.69, 9.17) is 4.74 Å². The largest absolute Gasteiger partial charge is 0.378 e. The molecule has 1 aliphatic heterocycles. The van der Waals surface area contributed by atoms with Gasteiger partial charge in [0.25, 0.3) is 5.91 Å². The van der Waals surface area contributed by atoms with E-state index in [2.05, 4.69) is 18.7 Å². The number of benzene rings is 1. The Labute approximate surface area is 143 Å². The minimum atomic E-state index is -0.103. The van der Waals surface area contributed by atoms with E-state index >= 15 is 0 Å². The number of carbonyl (C=O) groups is 1. The van der Waals surface area contributed by atoms with Crippen LogP contribution < -0.4 is 5.53 Å². The smallest absolute Gasteiger partial charge is 0.274 e. The molecule has 1 aromatic carbocycles. The summed E-state index contributed by atoms with van der Waals surface area (Å²) in [5, 5.41) is 5.13. The Hall–Kier alpha value is -2.57. The average molecular weight is 328 g/mol. The van der Waals surface area contributed by atoms with Crippen molar-refractivity contribution in [2.45, 2.75) is 6.92 Å². The lowest BCUT2D eigenvalue weighted by molar-refractivity contribution is -0.0327. The molecule has 1 N–H and O–H groups in total. The maximum Gasteiger partial charge on any atom is 0.274 e. The maximum absolute atomic E-state index is 13.0. The van der Waals surface area contributed by atoms with Gasteiger partial charge < -0.3 is 4.74 Å². The molecule has 0 bridgehead atoms. The summed E-state index contributed by atoms with van der Waals surface area (Å²) in [4.78, 5) is 13.0. The van der Waals surface area contributed by atoms with Crippen LogP contribution in [0.5, 0.6) is 0 Å². The second-order valence-corrected chi connectivity index (χ2v) is 5.39. The molecular weight excluding hydrogens is 304 g/mol. The van der Waals surface area contributed by atoms with E-state index in [0.29, 0.717) is 25.3 Å². The van der Waals surface area contributed by atoms with Crippen LogP contribution in [0.4, 0.5) is 0 Å². The van der Waals surface area contributed by atoms with Crippen molar-refractivity contribution >= 4 is 5.91 Å². The molecule has 6 nitrogen and oxygen atoms in total. The lowest BCUT2D eigenvalue weighted by Gasteiger charge is -2.32. The quantitative estimate of drug-likeness (QED) is 0.742. The molecule has 0 unspecified atom stereocenters. The number of carbonyl (C=O) groups excluding carboxylic acids is 1. The SMILES string of the molecule is C=CCN1NN(N(CC=C)C(=O)c2ccccc2C)C=C1COC. The number of hydrogen-bond acceptors (Lipinski definition) is 5. The van der Waals surface area contributed by atoms with Crippen molar-refractivity contribution in [2.24, 2.45) is 0 Å². The summed E-state index contributed by atoms with van der Waals surface area (Å²) in [6, 6.07) is 7.53. The van der Waals surface area contributed by atoms with E-state index in [9.17, 15) is 4.79 Å². The third-order valence-corrected chi connectivity index (χ3v) is 3.62. The van der Waals surface area contributed by atoms with Crippen molar-refractivity contribution in [3.8, 4) is 0 Å². The van der Waals surface area contributed by atoms with E-state index in [-0.39, 0.29) is 5.91 Å². The van der Waals surface area contributed by atoms with Gasteiger partial charge in [0.05, 0.1) is 31.6 Å². The van der Waals surface area contributed by atoms with Crippen molar-refractivity contribution < 1.29 is 9.53 Å². The van der Waals surface area contributed by atoms with Crippen LogP contribution in [0.15, 0.2) is 61.5 Å². The topological polar surface area (TPSA) is 48.0 Å². The van der Waals surface area contributed by atoms with Gasteiger partial charge in [0.1, 0.15) is 0 Å². The average Bonchev–Trinajstić information content (AvgIpc) is 2.96. The van der Waals surface area contributed by atoms with Crippen molar-refractivity contribution in [3.63, 3.8) is 0 Å². The first-order valence-electron chi connectivity index (χ1n) is 7.74. The van der Waals surface area contributed by atoms with Gasteiger partial charge in [-0.2, -0.15) is 0 Å². The highest BCUT2D eigenvalue weighted by Gasteiger charge is 2.28. The highest BCUT2D eigenvalue weighted by molar-refractivity contribution is 5.95. The van der Waals surface area contributed by atoms with Crippen molar-refractivity contribution in [2.75, 3.05) is 26.8 Å². The van der Waals surface area contributed by atoms with Crippen molar-refractivity contribution in [3.05, 3.63) is 72.6 Å². The number of methoxy groups -OCH3 is 1. The van der Waals surface area contributed by atoms with Crippen LogP contribution >= 0.6 is 0 Å². The van der Waals surface area contributed by atoms with Crippen LogP contribution in [0, 0.1) is 6.92 Å². The Kier molecular flexibility index (Phi) is 6.17. The lowest BCUT2D eigenvalue weighted by Crippen LogP contribution is -2.52. The number of nitrogens with one attached hydrogen (secondary N) is 1. The number of nitrogens with zero attached hydrogens (tertiary/aromatic N) is 3. The van der Waals surface area contributed by atoms with E-state index in [1.165, 1.54) is 0 Å². The molecule has 24 heavy (non-hydrogen) atoms. The lowest BCUT2D eigenvalue weighted by atomic mass is 10.1. The Morgan fingerprint density at radius 3 is 2.71 bits per heavy atom. The zero-order valence-electron chi connectivity index (χ0n) is 14.2. The Morgan fingerprint density at radius 2 is 2.08 bits per heavy atom. The Morgan fingerprint density at radius 1 is 1.33 bits per heavy atom. The predicted molar refractivity (Wildman–Crippen MR) is 94.2 cm³/mol. The maximum atomic E-state index is 13.0. The summed E-state index contributed by atoms with van der Waals surface area (Å²) in [5.41, 5.74) is 5.66. The van der Waals surface area contributed by atoms with E-state index in [1.807, 2.05) is 42.4 Å². The fourth-order valence-electron chi connectivity index (χ4n) is 2.44. The first-order chi connectivity index (χ1) is 11.6. The fourth-order valence-corrected chi connectivity index (χ4v) is 2.44. The van der Waals surface area contributed by atoms with Crippen molar-refractivity contribution in [1.29, 1.82) is 0 Å². The van der Waals surface area contributed by atoms with Crippen LogP contribution in [-0.4, -0.2) is 47.8 Å². The van der Waals surface area contributed by atoms with Crippen molar-refractivity contribution in [1.82, 2.24) is 20.7 Å². The summed E-state index contributed by atoms with van der Waals surface area (Å²) in [6.07, 6.45) is 5.31. The van der Waals surface area contributed by atoms with Crippen LogP contribution in [0.25, 0.3) is 0 Å². The molecule has 2 rings (SSSR count). The summed E-state index contributed by atoms with van der Waals surface area (Å²) in [5.74, 6) is -0.103. The molecule has 0 fully saturated rings.